The van der Waals surface area contributed by atoms with Gasteiger partial charge in [0.25, 0.3) is 0 Å². The van der Waals surface area contributed by atoms with Gasteiger partial charge in [-0.3, -0.25) is 19.7 Å². The van der Waals surface area contributed by atoms with Crippen molar-refractivity contribution < 1.29 is 14.4 Å². The number of Topliss-reactive ketones (excluding diaryl/α,β-unsaturated/α-hetero) is 1. The number of nitrogens with one attached hydrogen (secondary N) is 2. The molecular weight excluding hydrogens is 386 g/mol. The summed E-state index contributed by atoms with van der Waals surface area (Å²) in [6, 6.07) is 16.5. The first-order valence-corrected chi connectivity index (χ1v) is 9.68. The first-order chi connectivity index (χ1) is 13.9. The molecule has 2 N–H and O–H groups in total. The Kier molecular flexibility index (Phi) is 6.31. The fraction of sp³-hybridized carbons (Fsp3) is 0.0909. The molecule has 0 fully saturated rings. The highest BCUT2D eigenvalue weighted by atomic mass is 32.1. The van der Waals surface area contributed by atoms with Crippen LogP contribution in [0.3, 0.4) is 0 Å². The topological polar surface area (TPSA) is 88.2 Å². The monoisotopic (exact) mass is 405 g/mol. The number of rotatable bonds is 6. The van der Waals surface area contributed by atoms with Crippen LogP contribution in [-0.2, 0) is 9.59 Å². The van der Waals surface area contributed by atoms with Gasteiger partial charge in [0.15, 0.2) is 10.9 Å². The standard InChI is InChI=1S/C22H19N3O3S/c1-14(26)21-20(17-6-4-3-5-7-17)25-22(29-21)24-19(28)13-10-16-8-11-18(12-9-16)23-15(2)27/h3-13H,1-2H3,(H,23,27)(H,24,25,28)/b13-10+. The lowest BCUT2D eigenvalue weighted by atomic mass is 10.1. The summed E-state index contributed by atoms with van der Waals surface area (Å²) in [4.78, 5) is 40.2. The summed E-state index contributed by atoms with van der Waals surface area (Å²) >= 11 is 1.15. The smallest absolute Gasteiger partial charge is 0.250 e. The Morgan fingerprint density at radius 2 is 1.62 bits per heavy atom. The normalized spacial score (nSPS) is 10.7. The van der Waals surface area contributed by atoms with E-state index in [9.17, 15) is 14.4 Å². The number of anilines is 2. The molecule has 0 radical (unpaired) electrons. The Morgan fingerprint density at radius 1 is 0.931 bits per heavy atom. The number of ketones is 1. The molecule has 0 bridgehead atoms. The Labute approximate surface area is 172 Å². The van der Waals surface area contributed by atoms with Gasteiger partial charge in [-0.2, -0.15) is 0 Å². The second kappa shape index (κ2) is 9.07. The molecule has 0 aliphatic carbocycles. The third-order valence-corrected chi connectivity index (χ3v) is 4.95. The van der Waals surface area contributed by atoms with Gasteiger partial charge in [0, 0.05) is 31.2 Å². The molecule has 0 atom stereocenters. The number of aromatic nitrogens is 1. The van der Waals surface area contributed by atoms with Crippen LogP contribution in [0, 0.1) is 0 Å². The SMILES string of the molecule is CC(=O)Nc1ccc(/C=C/C(=O)Nc2nc(-c3ccccc3)c(C(C)=O)s2)cc1. The maximum absolute atomic E-state index is 12.3. The fourth-order valence-corrected chi connectivity index (χ4v) is 3.49. The zero-order valence-electron chi connectivity index (χ0n) is 15.9. The van der Waals surface area contributed by atoms with Gasteiger partial charge in [0.05, 0.1) is 10.6 Å². The predicted octanol–water partition coefficient (Wildman–Crippen LogP) is 4.62. The molecule has 1 aromatic heterocycles. The molecule has 0 unspecified atom stereocenters. The molecule has 0 spiro atoms. The van der Waals surface area contributed by atoms with E-state index in [0.717, 1.165) is 22.5 Å². The summed E-state index contributed by atoms with van der Waals surface area (Å²) in [5, 5.41) is 5.76. The number of carbonyl (C=O) groups excluding carboxylic acids is 3. The third-order valence-electron chi connectivity index (χ3n) is 3.88. The molecule has 0 saturated heterocycles. The van der Waals surface area contributed by atoms with Gasteiger partial charge in [0.2, 0.25) is 11.8 Å². The van der Waals surface area contributed by atoms with Crippen molar-refractivity contribution in [3.63, 3.8) is 0 Å². The van der Waals surface area contributed by atoms with Gasteiger partial charge in [0.1, 0.15) is 0 Å². The summed E-state index contributed by atoms with van der Waals surface area (Å²) in [6.45, 7) is 2.92. The Morgan fingerprint density at radius 3 is 2.24 bits per heavy atom. The molecule has 6 nitrogen and oxygen atoms in total. The average molecular weight is 405 g/mol. The van der Waals surface area contributed by atoms with Gasteiger partial charge in [-0.05, 0) is 23.8 Å². The zero-order chi connectivity index (χ0) is 20.8. The van der Waals surface area contributed by atoms with Crippen molar-refractivity contribution in [3.05, 3.63) is 71.1 Å². The lowest BCUT2D eigenvalue weighted by Crippen LogP contribution is -2.07. The van der Waals surface area contributed by atoms with Crippen LogP contribution in [0.5, 0.6) is 0 Å². The molecule has 29 heavy (non-hydrogen) atoms. The summed E-state index contributed by atoms with van der Waals surface area (Å²) in [5.41, 5.74) is 2.88. The van der Waals surface area contributed by atoms with Gasteiger partial charge in [-0.15, -0.1) is 0 Å². The minimum absolute atomic E-state index is 0.100. The number of amides is 2. The van der Waals surface area contributed by atoms with Crippen LogP contribution in [0.1, 0.15) is 29.1 Å². The van der Waals surface area contributed by atoms with E-state index in [0.29, 0.717) is 21.4 Å². The van der Waals surface area contributed by atoms with Crippen LogP contribution in [0.15, 0.2) is 60.7 Å². The summed E-state index contributed by atoms with van der Waals surface area (Å²) < 4.78 is 0. The Bertz CT molecular complexity index is 1070. The highest BCUT2D eigenvalue weighted by Crippen LogP contribution is 2.31. The van der Waals surface area contributed by atoms with E-state index >= 15 is 0 Å². The van der Waals surface area contributed by atoms with Gasteiger partial charge in [-0.1, -0.05) is 53.8 Å². The molecule has 2 aromatic carbocycles. The first kappa shape index (κ1) is 20.2. The minimum Gasteiger partial charge on any atom is -0.326 e. The number of nitrogens with zero attached hydrogens (tertiary/aromatic N) is 1. The predicted molar refractivity (Wildman–Crippen MR) is 116 cm³/mol. The van der Waals surface area contributed by atoms with E-state index in [-0.39, 0.29) is 17.6 Å². The van der Waals surface area contributed by atoms with E-state index in [1.54, 1.807) is 30.3 Å². The second-order valence-corrected chi connectivity index (χ2v) is 7.24. The third kappa shape index (κ3) is 5.46. The summed E-state index contributed by atoms with van der Waals surface area (Å²) in [5.74, 6) is -0.591. The molecule has 3 rings (SSSR count). The van der Waals surface area contributed by atoms with Crippen LogP contribution in [0.25, 0.3) is 17.3 Å². The lowest BCUT2D eigenvalue weighted by molar-refractivity contribution is -0.114. The zero-order valence-corrected chi connectivity index (χ0v) is 16.7. The van der Waals surface area contributed by atoms with E-state index in [1.807, 2.05) is 30.3 Å². The number of hydrogen-bond acceptors (Lipinski definition) is 5. The summed E-state index contributed by atoms with van der Waals surface area (Å²) in [7, 11) is 0. The van der Waals surface area contributed by atoms with Crippen molar-refractivity contribution in [2.24, 2.45) is 0 Å². The Hall–Kier alpha value is -3.58. The fourth-order valence-electron chi connectivity index (χ4n) is 2.60. The maximum Gasteiger partial charge on any atom is 0.250 e. The highest BCUT2D eigenvalue weighted by Gasteiger charge is 2.17. The second-order valence-electron chi connectivity index (χ2n) is 6.24. The number of hydrogen-bond donors (Lipinski definition) is 2. The van der Waals surface area contributed by atoms with Crippen molar-refractivity contribution in [2.45, 2.75) is 13.8 Å². The van der Waals surface area contributed by atoms with Crippen molar-refractivity contribution in [1.82, 2.24) is 4.98 Å². The van der Waals surface area contributed by atoms with Crippen LogP contribution in [0.2, 0.25) is 0 Å². The van der Waals surface area contributed by atoms with Crippen molar-refractivity contribution >= 4 is 45.8 Å². The minimum atomic E-state index is -0.348. The van der Waals surface area contributed by atoms with E-state index in [2.05, 4.69) is 15.6 Å². The maximum atomic E-state index is 12.3. The Balaban J connectivity index is 1.71. The average Bonchev–Trinajstić information content (AvgIpc) is 3.12. The molecule has 146 valence electrons. The van der Waals surface area contributed by atoms with Crippen LogP contribution in [0.4, 0.5) is 10.8 Å². The van der Waals surface area contributed by atoms with E-state index in [1.165, 1.54) is 19.9 Å². The van der Waals surface area contributed by atoms with Crippen LogP contribution in [-0.4, -0.2) is 22.6 Å². The highest BCUT2D eigenvalue weighted by molar-refractivity contribution is 7.18. The van der Waals surface area contributed by atoms with E-state index in [4.69, 9.17) is 0 Å². The van der Waals surface area contributed by atoms with Crippen molar-refractivity contribution in [3.8, 4) is 11.3 Å². The lowest BCUT2D eigenvalue weighted by Gasteiger charge is -2.01. The van der Waals surface area contributed by atoms with Crippen molar-refractivity contribution in [2.75, 3.05) is 10.6 Å². The summed E-state index contributed by atoms with van der Waals surface area (Å²) in [6.07, 6.45) is 3.05. The molecule has 3 aromatic rings. The molecular formula is C22H19N3O3S. The number of benzene rings is 2. The molecule has 0 saturated carbocycles. The largest absolute Gasteiger partial charge is 0.326 e. The van der Waals surface area contributed by atoms with Gasteiger partial charge < -0.3 is 5.32 Å². The molecule has 0 aliphatic rings. The molecule has 1 heterocycles. The van der Waals surface area contributed by atoms with Crippen LogP contribution < -0.4 is 10.6 Å². The van der Waals surface area contributed by atoms with Gasteiger partial charge >= 0.3 is 0 Å². The van der Waals surface area contributed by atoms with E-state index < -0.39 is 0 Å². The molecule has 7 heteroatoms. The molecule has 0 aliphatic heterocycles. The quantitative estimate of drug-likeness (QED) is 0.463. The molecule has 2 amide bonds. The van der Waals surface area contributed by atoms with Crippen molar-refractivity contribution in [1.29, 1.82) is 0 Å². The van der Waals surface area contributed by atoms with Gasteiger partial charge in [-0.25, -0.2) is 4.98 Å². The number of thiazole rings is 1. The van der Waals surface area contributed by atoms with Crippen LogP contribution >= 0.6 is 11.3 Å². The first-order valence-electron chi connectivity index (χ1n) is 8.86. The number of carbonyl (C=O) groups is 3.